The van der Waals surface area contributed by atoms with Crippen LogP contribution in [0.5, 0.6) is 0 Å². The first-order valence-electron chi connectivity index (χ1n) is 7.46. The standard InChI is InChI=1S/C17H14N4O2S/c1-9-16(22)20-14-7-10(2-5-15(14)24-9)17(23)19-12-3-4-13-11(6-12)8-18-21-13/h2-9H,1H3,(H,18,21)(H,19,23)(H,20,22). The van der Waals surface area contributed by atoms with Crippen LogP contribution in [0.1, 0.15) is 17.3 Å². The zero-order chi connectivity index (χ0) is 16.7. The smallest absolute Gasteiger partial charge is 0.255 e. The number of hydrogen-bond acceptors (Lipinski definition) is 4. The molecule has 24 heavy (non-hydrogen) atoms. The van der Waals surface area contributed by atoms with E-state index in [2.05, 4.69) is 20.8 Å². The Labute approximate surface area is 142 Å². The molecule has 7 heteroatoms. The minimum atomic E-state index is -0.224. The van der Waals surface area contributed by atoms with Crippen molar-refractivity contribution in [2.75, 3.05) is 10.6 Å². The zero-order valence-electron chi connectivity index (χ0n) is 12.8. The molecule has 3 aromatic rings. The summed E-state index contributed by atoms with van der Waals surface area (Å²) in [5.41, 5.74) is 2.78. The molecule has 1 aliphatic heterocycles. The van der Waals surface area contributed by atoms with Gasteiger partial charge in [-0.25, -0.2) is 0 Å². The van der Waals surface area contributed by atoms with Crippen molar-refractivity contribution in [3.8, 4) is 0 Å². The van der Waals surface area contributed by atoms with Crippen molar-refractivity contribution in [2.45, 2.75) is 17.1 Å². The Kier molecular flexibility index (Phi) is 3.50. The Morgan fingerprint density at radius 2 is 2.12 bits per heavy atom. The number of aromatic nitrogens is 2. The lowest BCUT2D eigenvalue weighted by Gasteiger charge is -2.21. The van der Waals surface area contributed by atoms with Crippen LogP contribution in [0.3, 0.4) is 0 Å². The lowest BCUT2D eigenvalue weighted by molar-refractivity contribution is -0.115. The van der Waals surface area contributed by atoms with Crippen LogP contribution in [-0.4, -0.2) is 27.3 Å². The monoisotopic (exact) mass is 338 g/mol. The summed E-state index contributed by atoms with van der Waals surface area (Å²) in [6.07, 6.45) is 1.71. The summed E-state index contributed by atoms with van der Waals surface area (Å²) in [6, 6.07) is 10.9. The van der Waals surface area contributed by atoms with Gasteiger partial charge in [-0.05, 0) is 43.3 Å². The maximum Gasteiger partial charge on any atom is 0.255 e. The van der Waals surface area contributed by atoms with E-state index < -0.39 is 0 Å². The van der Waals surface area contributed by atoms with E-state index in [0.717, 1.165) is 15.8 Å². The molecule has 0 fully saturated rings. The number of rotatable bonds is 2. The number of nitrogens with zero attached hydrogens (tertiary/aromatic N) is 1. The predicted molar refractivity (Wildman–Crippen MR) is 94.4 cm³/mol. The van der Waals surface area contributed by atoms with E-state index in [1.54, 1.807) is 18.3 Å². The van der Waals surface area contributed by atoms with Crippen LogP contribution >= 0.6 is 11.8 Å². The minimum absolute atomic E-state index is 0.0459. The topological polar surface area (TPSA) is 86.9 Å². The van der Waals surface area contributed by atoms with Crippen molar-refractivity contribution < 1.29 is 9.59 Å². The zero-order valence-corrected chi connectivity index (χ0v) is 13.6. The van der Waals surface area contributed by atoms with Gasteiger partial charge in [0.1, 0.15) is 0 Å². The van der Waals surface area contributed by atoms with Gasteiger partial charge in [-0.15, -0.1) is 11.8 Å². The number of anilines is 2. The molecule has 1 unspecified atom stereocenters. The summed E-state index contributed by atoms with van der Waals surface area (Å²) in [6.45, 7) is 1.86. The van der Waals surface area contributed by atoms with Gasteiger partial charge in [-0.3, -0.25) is 14.7 Å². The number of carbonyl (C=O) groups excluding carboxylic acids is 2. The van der Waals surface area contributed by atoms with E-state index in [1.807, 2.05) is 31.2 Å². The van der Waals surface area contributed by atoms with Crippen molar-refractivity contribution in [1.29, 1.82) is 0 Å². The molecule has 1 atom stereocenters. The SMILES string of the molecule is CC1Sc2ccc(C(=O)Nc3ccc4[nH]ncc4c3)cc2NC1=O. The maximum atomic E-state index is 12.5. The number of amides is 2. The number of fused-ring (bicyclic) bond motifs is 2. The molecular weight excluding hydrogens is 324 g/mol. The van der Waals surface area contributed by atoms with E-state index in [0.29, 0.717) is 16.9 Å². The van der Waals surface area contributed by atoms with Gasteiger partial charge < -0.3 is 10.6 Å². The van der Waals surface area contributed by atoms with E-state index in [9.17, 15) is 9.59 Å². The van der Waals surface area contributed by atoms with Crippen LogP contribution in [0, 0.1) is 0 Å². The van der Waals surface area contributed by atoms with Crippen molar-refractivity contribution >= 4 is 45.9 Å². The van der Waals surface area contributed by atoms with Crippen molar-refractivity contribution in [3.63, 3.8) is 0 Å². The second-order valence-electron chi connectivity index (χ2n) is 5.59. The molecular formula is C17H14N4O2S. The van der Waals surface area contributed by atoms with Crippen LogP contribution < -0.4 is 10.6 Å². The number of aromatic amines is 1. The summed E-state index contributed by atoms with van der Waals surface area (Å²) >= 11 is 1.49. The number of carbonyl (C=O) groups is 2. The molecule has 120 valence electrons. The molecule has 1 aliphatic rings. The molecule has 0 saturated heterocycles. The van der Waals surface area contributed by atoms with Crippen LogP contribution in [0.2, 0.25) is 0 Å². The van der Waals surface area contributed by atoms with Crippen LogP contribution in [0.25, 0.3) is 10.9 Å². The molecule has 0 spiro atoms. The Balaban J connectivity index is 1.58. The number of hydrogen-bond donors (Lipinski definition) is 3. The van der Waals surface area contributed by atoms with E-state index in [4.69, 9.17) is 0 Å². The van der Waals surface area contributed by atoms with E-state index in [-0.39, 0.29) is 17.1 Å². The van der Waals surface area contributed by atoms with Crippen LogP contribution in [-0.2, 0) is 4.79 Å². The largest absolute Gasteiger partial charge is 0.324 e. The van der Waals surface area contributed by atoms with Crippen LogP contribution in [0.4, 0.5) is 11.4 Å². The highest BCUT2D eigenvalue weighted by molar-refractivity contribution is 8.00. The van der Waals surface area contributed by atoms with Gasteiger partial charge in [0, 0.05) is 21.5 Å². The number of benzene rings is 2. The molecule has 0 saturated carbocycles. The maximum absolute atomic E-state index is 12.5. The van der Waals surface area contributed by atoms with Gasteiger partial charge >= 0.3 is 0 Å². The molecule has 3 N–H and O–H groups in total. The second-order valence-corrected chi connectivity index (χ2v) is 6.97. The van der Waals surface area contributed by atoms with E-state index in [1.165, 1.54) is 11.8 Å². The third kappa shape index (κ3) is 2.63. The molecule has 6 nitrogen and oxygen atoms in total. The van der Waals surface area contributed by atoms with Gasteiger partial charge in [-0.2, -0.15) is 5.10 Å². The third-order valence-electron chi connectivity index (χ3n) is 3.87. The molecule has 4 rings (SSSR count). The third-order valence-corrected chi connectivity index (χ3v) is 5.05. The fourth-order valence-electron chi connectivity index (χ4n) is 2.57. The van der Waals surface area contributed by atoms with Crippen molar-refractivity contribution in [1.82, 2.24) is 10.2 Å². The molecule has 2 heterocycles. The van der Waals surface area contributed by atoms with Gasteiger partial charge in [0.15, 0.2) is 0 Å². The molecule has 1 aromatic heterocycles. The highest BCUT2D eigenvalue weighted by Gasteiger charge is 2.23. The second kappa shape index (κ2) is 5.68. The first-order chi connectivity index (χ1) is 11.6. The highest BCUT2D eigenvalue weighted by Crippen LogP contribution is 2.36. The first-order valence-corrected chi connectivity index (χ1v) is 8.34. The fourth-order valence-corrected chi connectivity index (χ4v) is 3.50. The predicted octanol–water partition coefficient (Wildman–Crippen LogP) is 3.25. The molecule has 0 aliphatic carbocycles. The average Bonchev–Trinajstić information content (AvgIpc) is 3.03. The summed E-state index contributed by atoms with van der Waals surface area (Å²) in [5, 5.41) is 13.3. The van der Waals surface area contributed by atoms with Gasteiger partial charge in [0.2, 0.25) is 5.91 Å². The lowest BCUT2D eigenvalue weighted by atomic mass is 10.1. The van der Waals surface area contributed by atoms with Gasteiger partial charge in [0.05, 0.1) is 22.7 Å². The minimum Gasteiger partial charge on any atom is -0.324 e. The summed E-state index contributed by atoms with van der Waals surface area (Å²) in [4.78, 5) is 25.2. The Morgan fingerprint density at radius 3 is 3.00 bits per heavy atom. The Bertz CT molecular complexity index is 966. The Morgan fingerprint density at radius 1 is 1.25 bits per heavy atom. The first kappa shape index (κ1) is 14.8. The molecule has 2 aromatic carbocycles. The van der Waals surface area contributed by atoms with Crippen molar-refractivity contribution in [2.24, 2.45) is 0 Å². The summed E-state index contributed by atoms with van der Waals surface area (Å²) in [5.74, 6) is -0.269. The number of thioether (sulfide) groups is 1. The fraction of sp³-hybridized carbons (Fsp3) is 0.118. The number of H-pyrrole nitrogens is 1. The normalized spacial score (nSPS) is 16.5. The summed E-state index contributed by atoms with van der Waals surface area (Å²) in [7, 11) is 0. The highest BCUT2D eigenvalue weighted by atomic mass is 32.2. The van der Waals surface area contributed by atoms with E-state index >= 15 is 0 Å². The van der Waals surface area contributed by atoms with Crippen LogP contribution in [0.15, 0.2) is 47.5 Å². The number of nitrogens with one attached hydrogen (secondary N) is 3. The van der Waals surface area contributed by atoms with Crippen molar-refractivity contribution in [3.05, 3.63) is 48.2 Å². The lowest BCUT2D eigenvalue weighted by Crippen LogP contribution is -2.26. The van der Waals surface area contributed by atoms with Gasteiger partial charge in [-0.1, -0.05) is 0 Å². The average molecular weight is 338 g/mol. The molecule has 0 bridgehead atoms. The summed E-state index contributed by atoms with van der Waals surface area (Å²) < 4.78 is 0. The quantitative estimate of drug-likeness (QED) is 0.669. The molecule has 2 amide bonds. The Hall–Kier alpha value is -2.80. The van der Waals surface area contributed by atoms with Gasteiger partial charge in [0.25, 0.3) is 5.91 Å². The molecule has 0 radical (unpaired) electrons.